The molecule has 2 rings (SSSR count). The molecule has 0 bridgehead atoms. The molecule has 1 aromatic carbocycles. The Morgan fingerprint density at radius 3 is 2.50 bits per heavy atom. The van der Waals surface area contributed by atoms with Crippen LogP contribution in [-0.2, 0) is 0 Å². The number of rotatable bonds is 4. The number of likely N-dealkylation sites (N-methyl/N-ethyl adjacent to an activating group) is 1. The van der Waals surface area contributed by atoms with E-state index < -0.39 is 0 Å². The fraction of sp³-hybridized carbons (Fsp3) is 0.571. The maximum absolute atomic E-state index is 5.98. The Hall–Kier alpha value is -1.10. The van der Waals surface area contributed by atoms with Gasteiger partial charge in [-0.2, -0.15) is 0 Å². The van der Waals surface area contributed by atoms with Gasteiger partial charge in [0, 0.05) is 38.3 Å². The highest BCUT2D eigenvalue weighted by atomic mass is 16.5. The molecule has 1 saturated heterocycles. The largest absolute Gasteiger partial charge is 0.496 e. The van der Waals surface area contributed by atoms with Crippen LogP contribution >= 0.6 is 0 Å². The Labute approximate surface area is 109 Å². The lowest BCUT2D eigenvalue weighted by Crippen LogP contribution is -2.47. The Morgan fingerprint density at radius 2 is 1.89 bits per heavy atom. The van der Waals surface area contributed by atoms with E-state index in [1.807, 2.05) is 12.1 Å². The van der Waals surface area contributed by atoms with Crippen molar-refractivity contribution < 1.29 is 4.74 Å². The molecule has 1 fully saturated rings. The summed E-state index contributed by atoms with van der Waals surface area (Å²) in [5, 5.41) is 0. The Balaban J connectivity index is 2.17. The zero-order valence-corrected chi connectivity index (χ0v) is 11.3. The van der Waals surface area contributed by atoms with Crippen LogP contribution in [0.2, 0.25) is 0 Å². The lowest BCUT2D eigenvalue weighted by Gasteiger charge is -2.38. The summed E-state index contributed by atoms with van der Waals surface area (Å²) in [6.07, 6.45) is 0. The first kappa shape index (κ1) is 13.3. The monoisotopic (exact) mass is 249 g/mol. The van der Waals surface area contributed by atoms with Crippen LogP contribution in [0.15, 0.2) is 24.3 Å². The van der Waals surface area contributed by atoms with Gasteiger partial charge in [-0.3, -0.25) is 4.90 Å². The number of methoxy groups -OCH3 is 1. The van der Waals surface area contributed by atoms with Crippen molar-refractivity contribution in [1.29, 1.82) is 0 Å². The predicted octanol–water partition coefficient (Wildman–Crippen LogP) is 0.942. The van der Waals surface area contributed by atoms with Gasteiger partial charge >= 0.3 is 0 Å². The number of hydrogen-bond donors (Lipinski definition) is 1. The highest BCUT2D eigenvalue weighted by molar-refractivity contribution is 5.36. The molecule has 1 aliphatic rings. The summed E-state index contributed by atoms with van der Waals surface area (Å²) in [6, 6.07) is 8.44. The Kier molecular flexibility index (Phi) is 4.58. The molecule has 18 heavy (non-hydrogen) atoms. The number of benzene rings is 1. The molecule has 0 aliphatic carbocycles. The summed E-state index contributed by atoms with van der Waals surface area (Å²) in [7, 11) is 3.88. The summed E-state index contributed by atoms with van der Waals surface area (Å²) in [5.74, 6) is 0.937. The van der Waals surface area contributed by atoms with Crippen molar-refractivity contribution in [3.05, 3.63) is 29.8 Å². The van der Waals surface area contributed by atoms with Crippen LogP contribution in [0.1, 0.15) is 11.6 Å². The predicted molar refractivity (Wildman–Crippen MR) is 73.9 cm³/mol. The van der Waals surface area contributed by atoms with Crippen LogP contribution in [0.5, 0.6) is 5.75 Å². The second-order valence-electron chi connectivity index (χ2n) is 4.83. The molecular weight excluding hydrogens is 226 g/mol. The summed E-state index contributed by atoms with van der Waals surface area (Å²) in [6.45, 7) is 4.97. The summed E-state index contributed by atoms with van der Waals surface area (Å²) in [5.41, 5.74) is 7.18. The van der Waals surface area contributed by atoms with Gasteiger partial charge in [-0.15, -0.1) is 0 Å². The summed E-state index contributed by atoms with van der Waals surface area (Å²) >= 11 is 0. The minimum absolute atomic E-state index is 0.259. The van der Waals surface area contributed by atoms with Crippen LogP contribution in [-0.4, -0.2) is 56.7 Å². The molecule has 1 atom stereocenters. The van der Waals surface area contributed by atoms with Gasteiger partial charge in [-0.05, 0) is 13.1 Å². The molecule has 0 spiro atoms. The van der Waals surface area contributed by atoms with Gasteiger partial charge in [0.05, 0.1) is 13.2 Å². The number of nitrogens with two attached hydrogens (primary N) is 1. The maximum Gasteiger partial charge on any atom is 0.123 e. The first-order chi connectivity index (χ1) is 8.76. The van der Waals surface area contributed by atoms with Gasteiger partial charge in [0.1, 0.15) is 5.75 Å². The fourth-order valence-electron chi connectivity index (χ4n) is 2.55. The minimum Gasteiger partial charge on any atom is -0.496 e. The Morgan fingerprint density at radius 1 is 1.22 bits per heavy atom. The van der Waals surface area contributed by atoms with E-state index in [0.717, 1.165) is 31.9 Å². The number of nitrogens with zero attached hydrogens (tertiary/aromatic N) is 2. The average Bonchev–Trinajstić information content (AvgIpc) is 2.42. The van der Waals surface area contributed by atoms with Crippen molar-refractivity contribution in [3.8, 4) is 5.75 Å². The highest BCUT2D eigenvalue weighted by Crippen LogP contribution is 2.29. The lowest BCUT2D eigenvalue weighted by atomic mass is 10.0. The van der Waals surface area contributed by atoms with E-state index in [-0.39, 0.29) is 6.04 Å². The van der Waals surface area contributed by atoms with Gasteiger partial charge in [0.15, 0.2) is 0 Å². The van der Waals surface area contributed by atoms with Crippen molar-refractivity contribution in [2.45, 2.75) is 6.04 Å². The van der Waals surface area contributed by atoms with Crippen LogP contribution in [0.3, 0.4) is 0 Å². The van der Waals surface area contributed by atoms with Crippen molar-refractivity contribution in [1.82, 2.24) is 9.80 Å². The van der Waals surface area contributed by atoms with Gasteiger partial charge in [-0.25, -0.2) is 0 Å². The molecule has 4 nitrogen and oxygen atoms in total. The maximum atomic E-state index is 5.98. The van der Waals surface area contributed by atoms with Crippen LogP contribution in [0, 0.1) is 0 Å². The van der Waals surface area contributed by atoms with Crippen molar-refractivity contribution in [3.63, 3.8) is 0 Å². The van der Waals surface area contributed by atoms with E-state index in [9.17, 15) is 0 Å². The molecule has 0 radical (unpaired) electrons. The average molecular weight is 249 g/mol. The van der Waals surface area contributed by atoms with E-state index in [1.165, 1.54) is 5.56 Å². The third-order valence-electron chi connectivity index (χ3n) is 3.70. The van der Waals surface area contributed by atoms with Crippen LogP contribution < -0.4 is 10.5 Å². The second kappa shape index (κ2) is 6.18. The molecular formula is C14H23N3O. The summed E-state index contributed by atoms with van der Waals surface area (Å²) in [4.78, 5) is 4.81. The first-order valence-corrected chi connectivity index (χ1v) is 6.52. The number of para-hydroxylation sites is 1. The smallest absolute Gasteiger partial charge is 0.123 e. The van der Waals surface area contributed by atoms with E-state index in [1.54, 1.807) is 7.11 Å². The van der Waals surface area contributed by atoms with Gasteiger partial charge in [0.25, 0.3) is 0 Å². The van der Waals surface area contributed by atoms with E-state index in [0.29, 0.717) is 6.54 Å². The number of hydrogen-bond acceptors (Lipinski definition) is 4. The van der Waals surface area contributed by atoms with Crippen LogP contribution in [0.4, 0.5) is 0 Å². The third kappa shape index (κ3) is 2.83. The van der Waals surface area contributed by atoms with Gasteiger partial charge in [-0.1, -0.05) is 18.2 Å². The van der Waals surface area contributed by atoms with Crippen LogP contribution in [0.25, 0.3) is 0 Å². The zero-order chi connectivity index (χ0) is 13.0. The minimum atomic E-state index is 0.259. The SMILES string of the molecule is COc1ccccc1[C@@H](CN)N1CCN(C)CC1. The molecule has 1 aromatic rings. The third-order valence-corrected chi connectivity index (χ3v) is 3.70. The highest BCUT2D eigenvalue weighted by Gasteiger charge is 2.24. The topological polar surface area (TPSA) is 41.7 Å². The molecule has 1 aliphatic heterocycles. The summed E-state index contributed by atoms with van der Waals surface area (Å²) < 4.78 is 5.45. The van der Waals surface area contributed by atoms with Gasteiger partial charge in [0.2, 0.25) is 0 Å². The van der Waals surface area contributed by atoms with E-state index in [2.05, 4.69) is 29.0 Å². The molecule has 0 unspecified atom stereocenters. The first-order valence-electron chi connectivity index (χ1n) is 6.52. The van der Waals surface area contributed by atoms with Gasteiger partial charge < -0.3 is 15.4 Å². The normalized spacial score (nSPS) is 19.7. The molecule has 4 heteroatoms. The molecule has 1 heterocycles. The molecule has 100 valence electrons. The Bertz CT molecular complexity index is 375. The van der Waals surface area contributed by atoms with E-state index in [4.69, 9.17) is 10.5 Å². The number of ether oxygens (including phenoxy) is 1. The second-order valence-corrected chi connectivity index (χ2v) is 4.83. The molecule has 0 saturated carbocycles. The zero-order valence-electron chi connectivity index (χ0n) is 11.3. The van der Waals surface area contributed by atoms with Crippen molar-refractivity contribution in [2.24, 2.45) is 5.73 Å². The quantitative estimate of drug-likeness (QED) is 0.862. The lowest BCUT2D eigenvalue weighted by molar-refractivity contribution is 0.113. The standard InChI is InChI=1S/C14H23N3O/c1-16-7-9-17(10-8-16)13(11-15)12-5-3-4-6-14(12)18-2/h3-6,13H,7-11,15H2,1-2H3/t13-/m1/s1. The van der Waals surface area contributed by atoms with Crippen molar-refractivity contribution in [2.75, 3.05) is 46.9 Å². The van der Waals surface area contributed by atoms with E-state index >= 15 is 0 Å². The van der Waals surface area contributed by atoms with Crippen molar-refractivity contribution >= 4 is 0 Å². The molecule has 2 N–H and O–H groups in total. The molecule has 0 aromatic heterocycles. The number of piperazine rings is 1. The fourth-order valence-corrected chi connectivity index (χ4v) is 2.55. The molecule has 0 amide bonds.